The number of nitrogens with zero attached hydrogens (tertiary/aromatic N) is 3. The lowest BCUT2D eigenvalue weighted by molar-refractivity contribution is -0.125. The highest BCUT2D eigenvalue weighted by Crippen LogP contribution is 2.32. The number of amides is 1. The molecule has 9 heteroatoms. The van der Waals surface area contributed by atoms with Gasteiger partial charge in [0.15, 0.2) is 5.13 Å². The summed E-state index contributed by atoms with van der Waals surface area (Å²) in [4.78, 5) is 34.4. The Morgan fingerprint density at radius 2 is 2.03 bits per heavy atom. The van der Waals surface area contributed by atoms with Gasteiger partial charge in [0.05, 0.1) is 20.8 Å². The number of aromatic carboxylic acids is 1. The first kappa shape index (κ1) is 19.6. The van der Waals surface area contributed by atoms with Crippen molar-refractivity contribution in [2.45, 2.75) is 19.4 Å². The number of hydrogen-bond donors (Lipinski definition) is 2. The second kappa shape index (κ2) is 8.34. The van der Waals surface area contributed by atoms with Crippen LogP contribution in [0.5, 0.6) is 0 Å². The fourth-order valence-corrected chi connectivity index (χ4v) is 4.65. The van der Waals surface area contributed by atoms with Crippen LogP contribution < -0.4 is 10.2 Å². The zero-order valence-corrected chi connectivity index (χ0v) is 17.0. The molecule has 1 saturated heterocycles. The molecule has 2 N–H and O–H groups in total. The highest BCUT2D eigenvalue weighted by Gasteiger charge is 2.26. The summed E-state index contributed by atoms with van der Waals surface area (Å²) in [5.74, 6) is -0.936. The van der Waals surface area contributed by atoms with Crippen LogP contribution >= 0.6 is 22.9 Å². The molecule has 3 aromatic rings. The highest BCUT2D eigenvalue weighted by molar-refractivity contribution is 7.22. The fourth-order valence-electron chi connectivity index (χ4n) is 3.40. The lowest BCUT2D eigenvalue weighted by Gasteiger charge is -2.31. The lowest BCUT2D eigenvalue weighted by Crippen LogP contribution is -2.40. The predicted molar refractivity (Wildman–Crippen MR) is 113 cm³/mol. The average Bonchev–Trinajstić information content (AvgIpc) is 3.15. The van der Waals surface area contributed by atoms with E-state index in [-0.39, 0.29) is 17.4 Å². The Bertz CT molecular complexity index is 1060. The largest absolute Gasteiger partial charge is 0.478 e. The molecule has 0 atom stereocenters. The molecule has 2 aromatic heterocycles. The Hall–Kier alpha value is -2.71. The summed E-state index contributed by atoms with van der Waals surface area (Å²) in [5.41, 5.74) is 1.93. The van der Waals surface area contributed by atoms with Gasteiger partial charge >= 0.3 is 5.97 Å². The maximum atomic E-state index is 12.5. The molecule has 29 heavy (non-hydrogen) atoms. The van der Waals surface area contributed by atoms with Crippen molar-refractivity contribution >= 4 is 50.2 Å². The third kappa shape index (κ3) is 4.49. The maximum Gasteiger partial charge on any atom is 0.335 e. The lowest BCUT2D eigenvalue weighted by atomic mass is 9.96. The Balaban J connectivity index is 1.34. The second-order valence-electron chi connectivity index (χ2n) is 6.97. The van der Waals surface area contributed by atoms with E-state index in [9.17, 15) is 9.59 Å². The molecule has 0 saturated carbocycles. The summed E-state index contributed by atoms with van der Waals surface area (Å²) in [6, 6.07) is 6.76. The zero-order chi connectivity index (χ0) is 20.4. The predicted octanol–water partition coefficient (Wildman–Crippen LogP) is 3.58. The van der Waals surface area contributed by atoms with Gasteiger partial charge in [-0.1, -0.05) is 22.9 Å². The summed E-state index contributed by atoms with van der Waals surface area (Å²) in [6.07, 6.45) is 4.75. The number of carbonyl (C=O) groups excluding carboxylic acids is 1. The second-order valence-corrected chi connectivity index (χ2v) is 8.42. The van der Waals surface area contributed by atoms with E-state index in [1.165, 1.54) is 11.3 Å². The van der Waals surface area contributed by atoms with Crippen molar-refractivity contribution in [2.75, 3.05) is 18.0 Å². The Morgan fingerprint density at radius 1 is 1.24 bits per heavy atom. The van der Waals surface area contributed by atoms with Crippen LogP contribution in [0.1, 0.15) is 28.8 Å². The van der Waals surface area contributed by atoms with Crippen molar-refractivity contribution in [3.8, 4) is 0 Å². The van der Waals surface area contributed by atoms with Crippen molar-refractivity contribution in [2.24, 2.45) is 5.92 Å². The zero-order valence-electron chi connectivity index (χ0n) is 15.5. The number of fused-ring (bicyclic) bond motifs is 1. The van der Waals surface area contributed by atoms with Crippen molar-refractivity contribution < 1.29 is 14.7 Å². The van der Waals surface area contributed by atoms with Crippen LogP contribution in [0.25, 0.3) is 10.2 Å². The number of pyridine rings is 1. The quantitative estimate of drug-likeness (QED) is 0.642. The van der Waals surface area contributed by atoms with Gasteiger partial charge in [0, 0.05) is 37.9 Å². The van der Waals surface area contributed by atoms with Crippen molar-refractivity contribution in [3.05, 3.63) is 52.8 Å². The molecule has 4 rings (SSSR count). The third-order valence-corrected chi connectivity index (χ3v) is 6.27. The van der Waals surface area contributed by atoms with E-state index < -0.39 is 5.97 Å². The summed E-state index contributed by atoms with van der Waals surface area (Å²) < 4.78 is 0.856. The molecule has 1 aliphatic rings. The number of hydrogen-bond acceptors (Lipinski definition) is 6. The van der Waals surface area contributed by atoms with Crippen LogP contribution in [0, 0.1) is 5.92 Å². The molecule has 7 nitrogen and oxygen atoms in total. The van der Waals surface area contributed by atoms with Crippen molar-refractivity contribution in [1.82, 2.24) is 15.3 Å². The number of benzene rings is 1. The highest BCUT2D eigenvalue weighted by atomic mass is 35.5. The van der Waals surface area contributed by atoms with Gasteiger partial charge in [-0.15, -0.1) is 0 Å². The van der Waals surface area contributed by atoms with Gasteiger partial charge in [0.1, 0.15) is 0 Å². The molecule has 1 aliphatic heterocycles. The molecule has 3 heterocycles. The molecule has 0 bridgehead atoms. The number of piperidine rings is 1. The summed E-state index contributed by atoms with van der Waals surface area (Å²) >= 11 is 7.41. The summed E-state index contributed by atoms with van der Waals surface area (Å²) in [7, 11) is 0. The van der Waals surface area contributed by atoms with Crippen LogP contribution in [0.15, 0.2) is 36.7 Å². The van der Waals surface area contributed by atoms with Gasteiger partial charge in [0.2, 0.25) is 5.91 Å². The van der Waals surface area contributed by atoms with Crippen molar-refractivity contribution in [3.63, 3.8) is 0 Å². The minimum atomic E-state index is -0.942. The molecule has 1 aromatic carbocycles. The molecule has 1 fully saturated rings. The monoisotopic (exact) mass is 430 g/mol. The van der Waals surface area contributed by atoms with Gasteiger partial charge in [-0.3, -0.25) is 9.78 Å². The number of carboxylic acid groups (broad SMARTS) is 1. The minimum Gasteiger partial charge on any atom is -0.478 e. The van der Waals surface area contributed by atoms with Crippen LogP contribution in [0.2, 0.25) is 5.02 Å². The normalized spacial score (nSPS) is 14.9. The first-order valence-electron chi connectivity index (χ1n) is 9.25. The number of thiazole rings is 1. The van der Waals surface area contributed by atoms with Gasteiger partial charge in [-0.05, 0) is 42.7 Å². The smallest absolute Gasteiger partial charge is 0.335 e. The maximum absolute atomic E-state index is 12.5. The fraction of sp³-hybridized carbons (Fsp3) is 0.300. The van der Waals surface area contributed by atoms with E-state index in [0.717, 1.165) is 46.8 Å². The molecule has 0 unspecified atom stereocenters. The summed E-state index contributed by atoms with van der Waals surface area (Å²) in [5, 5.41) is 13.5. The number of carboxylic acids is 1. The van der Waals surface area contributed by atoms with E-state index in [0.29, 0.717) is 11.6 Å². The Kier molecular flexibility index (Phi) is 5.64. The number of rotatable bonds is 5. The van der Waals surface area contributed by atoms with Gasteiger partial charge in [-0.25, -0.2) is 9.78 Å². The van der Waals surface area contributed by atoms with E-state index in [1.807, 2.05) is 0 Å². The van der Waals surface area contributed by atoms with Crippen molar-refractivity contribution in [1.29, 1.82) is 0 Å². The van der Waals surface area contributed by atoms with E-state index in [2.05, 4.69) is 20.2 Å². The number of carbonyl (C=O) groups is 2. The van der Waals surface area contributed by atoms with Crippen LogP contribution in [0.3, 0.4) is 0 Å². The number of nitrogens with one attached hydrogen (secondary N) is 1. The average molecular weight is 431 g/mol. The standard InChI is InChI=1S/C20H19ClN4O3S/c21-15-7-12(9-22-11-15)10-23-18(26)13-3-5-25(6-4-13)20-24-16-2-1-14(19(27)28)8-17(16)29-20/h1-2,7-9,11,13H,3-6,10H2,(H,23,26)(H,27,28). The first-order chi connectivity index (χ1) is 14.0. The molecule has 1 amide bonds. The third-order valence-electron chi connectivity index (χ3n) is 4.99. The molecule has 0 spiro atoms. The Labute approximate surface area is 176 Å². The van der Waals surface area contributed by atoms with E-state index in [4.69, 9.17) is 16.7 Å². The minimum absolute atomic E-state index is 0.0358. The van der Waals surface area contributed by atoms with Gasteiger partial charge in [0.25, 0.3) is 0 Å². The van der Waals surface area contributed by atoms with E-state index in [1.54, 1.807) is 36.7 Å². The SMILES string of the molecule is O=C(O)c1ccc2nc(N3CCC(C(=O)NCc4cncc(Cl)c4)CC3)sc2c1. The van der Waals surface area contributed by atoms with Gasteiger partial charge < -0.3 is 15.3 Å². The number of halogens is 1. The molecular weight excluding hydrogens is 412 g/mol. The molecular formula is C20H19ClN4O3S. The van der Waals surface area contributed by atoms with E-state index >= 15 is 0 Å². The number of anilines is 1. The molecule has 150 valence electrons. The van der Waals surface area contributed by atoms with Crippen LogP contribution in [0.4, 0.5) is 5.13 Å². The van der Waals surface area contributed by atoms with Crippen LogP contribution in [-0.2, 0) is 11.3 Å². The number of aromatic nitrogens is 2. The Morgan fingerprint density at radius 3 is 2.76 bits per heavy atom. The van der Waals surface area contributed by atoms with Crippen LogP contribution in [-0.4, -0.2) is 40.0 Å². The summed E-state index contributed by atoms with van der Waals surface area (Å²) in [6.45, 7) is 1.89. The first-order valence-corrected chi connectivity index (χ1v) is 10.4. The molecule has 0 aliphatic carbocycles. The topological polar surface area (TPSA) is 95.4 Å². The molecule has 0 radical (unpaired) electrons. The van der Waals surface area contributed by atoms with Gasteiger partial charge in [-0.2, -0.15) is 0 Å².